The van der Waals surface area contributed by atoms with Crippen molar-refractivity contribution in [3.8, 4) is 5.75 Å². The third-order valence-corrected chi connectivity index (χ3v) is 4.45. The second-order valence-corrected chi connectivity index (χ2v) is 6.58. The summed E-state index contributed by atoms with van der Waals surface area (Å²) in [6.07, 6.45) is 4.99. The smallest absolute Gasteiger partial charge is 0.241 e. The average Bonchev–Trinajstić information content (AvgIpc) is 3.06. The zero-order valence-electron chi connectivity index (χ0n) is 15.2. The van der Waals surface area contributed by atoms with E-state index in [1.165, 1.54) is 16.6 Å². The van der Waals surface area contributed by atoms with Gasteiger partial charge in [0.05, 0.1) is 0 Å². The molecule has 0 radical (unpaired) electrons. The lowest BCUT2D eigenvalue weighted by atomic mass is 10.1. The molecule has 0 saturated heterocycles. The lowest BCUT2D eigenvalue weighted by molar-refractivity contribution is -0.121. The normalized spacial score (nSPS) is 17.2. The number of carbonyl (C=O) groups excluding carboxylic acids is 1. The predicted molar refractivity (Wildman–Crippen MR) is 96.5 cm³/mol. The van der Waals surface area contributed by atoms with Gasteiger partial charge in [-0.3, -0.25) is 9.69 Å². The van der Waals surface area contributed by atoms with Crippen molar-refractivity contribution in [3.05, 3.63) is 36.2 Å². The summed E-state index contributed by atoms with van der Waals surface area (Å²) in [6, 6.07) is 8.22. The Morgan fingerprint density at radius 1 is 1.38 bits per heavy atom. The van der Waals surface area contributed by atoms with Gasteiger partial charge in [-0.1, -0.05) is 31.5 Å². The molecule has 1 aliphatic heterocycles. The Balaban J connectivity index is 1.53. The van der Waals surface area contributed by atoms with E-state index in [1.807, 2.05) is 18.2 Å². The maximum absolute atomic E-state index is 12.0. The van der Waals surface area contributed by atoms with Crippen LogP contribution in [0.15, 0.2) is 30.6 Å². The number of nitrogens with one attached hydrogen (secondary N) is 1. The monoisotopic (exact) mass is 358 g/mol. The van der Waals surface area contributed by atoms with Crippen LogP contribution in [0.3, 0.4) is 0 Å². The fourth-order valence-corrected chi connectivity index (χ4v) is 3.12. The molecule has 0 saturated carbocycles. The van der Waals surface area contributed by atoms with Gasteiger partial charge in [0.1, 0.15) is 24.7 Å². The van der Waals surface area contributed by atoms with Gasteiger partial charge in [0.25, 0.3) is 0 Å². The number of hydrogen-bond acceptors (Lipinski definition) is 6. The van der Waals surface area contributed by atoms with Gasteiger partial charge in [0.15, 0.2) is 0 Å². The minimum atomic E-state index is -0.0914. The summed E-state index contributed by atoms with van der Waals surface area (Å²) in [4.78, 5) is 14.3. The highest BCUT2D eigenvalue weighted by Crippen LogP contribution is 2.26. The molecule has 1 aliphatic rings. The standard InChI is InChI=1S/C18H26N6O2/c1-2-3-7-16-12-23(11-15-6-4-5-8-17(15)26-16)10-9-19-18(25)13-24-14-20-21-22-24/h4-6,8,14,16H,2-3,7,9-13H2,1H3,(H,19,25). The maximum atomic E-state index is 12.0. The van der Waals surface area contributed by atoms with Gasteiger partial charge in [-0.25, -0.2) is 4.68 Å². The minimum absolute atomic E-state index is 0.0914. The second-order valence-electron chi connectivity index (χ2n) is 6.58. The molecule has 0 bridgehead atoms. The van der Waals surface area contributed by atoms with Crippen molar-refractivity contribution in [1.29, 1.82) is 0 Å². The van der Waals surface area contributed by atoms with Crippen molar-refractivity contribution < 1.29 is 9.53 Å². The maximum Gasteiger partial charge on any atom is 0.241 e. The lowest BCUT2D eigenvalue weighted by Crippen LogP contribution is -2.39. The number of aromatic nitrogens is 4. The van der Waals surface area contributed by atoms with E-state index in [0.29, 0.717) is 6.54 Å². The van der Waals surface area contributed by atoms with Gasteiger partial charge < -0.3 is 10.1 Å². The first-order valence-corrected chi connectivity index (χ1v) is 9.19. The number of amides is 1. The molecule has 26 heavy (non-hydrogen) atoms. The highest BCUT2D eigenvalue weighted by molar-refractivity contribution is 5.75. The molecule has 0 spiro atoms. The lowest BCUT2D eigenvalue weighted by Gasteiger charge is -2.24. The number of tetrazole rings is 1. The van der Waals surface area contributed by atoms with E-state index in [4.69, 9.17) is 4.74 Å². The molecule has 1 N–H and O–H groups in total. The zero-order valence-corrected chi connectivity index (χ0v) is 15.2. The molecule has 2 aromatic rings. The van der Waals surface area contributed by atoms with Crippen LogP contribution in [0, 0.1) is 0 Å². The number of unbranched alkanes of at least 4 members (excludes halogenated alkanes) is 1. The third-order valence-electron chi connectivity index (χ3n) is 4.45. The van der Waals surface area contributed by atoms with Crippen molar-refractivity contribution >= 4 is 5.91 Å². The fraction of sp³-hybridized carbons (Fsp3) is 0.556. The van der Waals surface area contributed by atoms with Crippen molar-refractivity contribution in [1.82, 2.24) is 30.4 Å². The van der Waals surface area contributed by atoms with Crippen LogP contribution in [0.1, 0.15) is 31.7 Å². The summed E-state index contributed by atoms with van der Waals surface area (Å²) in [5.74, 6) is 0.894. The van der Waals surface area contributed by atoms with E-state index in [2.05, 4.69) is 38.7 Å². The van der Waals surface area contributed by atoms with Crippen molar-refractivity contribution in [2.24, 2.45) is 0 Å². The van der Waals surface area contributed by atoms with Crippen LogP contribution in [0.2, 0.25) is 0 Å². The molecule has 8 nitrogen and oxygen atoms in total. The van der Waals surface area contributed by atoms with E-state index in [1.54, 1.807) is 0 Å². The molecular weight excluding hydrogens is 332 g/mol. The Bertz CT molecular complexity index is 691. The number of hydrogen-bond donors (Lipinski definition) is 1. The Morgan fingerprint density at radius 3 is 3.08 bits per heavy atom. The van der Waals surface area contributed by atoms with Gasteiger partial charge in [-0.2, -0.15) is 0 Å². The van der Waals surface area contributed by atoms with E-state index < -0.39 is 0 Å². The molecule has 0 aliphatic carbocycles. The first-order valence-electron chi connectivity index (χ1n) is 9.19. The first-order chi connectivity index (χ1) is 12.7. The SMILES string of the molecule is CCCCC1CN(CCNC(=O)Cn2cnnn2)Cc2ccccc2O1. The van der Waals surface area contributed by atoms with Gasteiger partial charge in [-0.05, 0) is 29.3 Å². The fourth-order valence-electron chi connectivity index (χ4n) is 3.12. The summed E-state index contributed by atoms with van der Waals surface area (Å²) in [5, 5.41) is 13.7. The summed E-state index contributed by atoms with van der Waals surface area (Å²) in [5.41, 5.74) is 1.20. The van der Waals surface area contributed by atoms with Crippen LogP contribution in [-0.4, -0.2) is 56.8 Å². The van der Waals surface area contributed by atoms with Crippen LogP contribution >= 0.6 is 0 Å². The molecular formula is C18H26N6O2. The molecule has 1 atom stereocenters. The van der Waals surface area contributed by atoms with Crippen molar-refractivity contribution in [2.75, 3.05) is 19.6 Å². The van der Waals surface area contributed by atoms with Crippen LogP contribution in [0.5, 0.6) is 5.75 Å². The van der Waals surface area contributed by atoms with Gasteiger partial charge in [0.2, 0.25) is 5.91 Å². The number of para-hydroxylation sites is 1. The van der Waals surface area contributed by atoms with Crippen molar-refractivity contribution in [2.45, 2.75) is 45.4 Å². The first kappa shape index (κ1) is 18.3. The molecule has 1 unspecified atom stereocenters. The van der Waals surface area contributed by atoms with Crippen LogP contribution in [0.25, 0.3) is 0 Å². The third kappa shape index (κ3) is 5.26. The van der Waals surface area contributed by atoms with Crippen LogP contribution in [-0.2, 0) is 17.9 Å². The molecule has 1 aromatic heterocycles. The number of ether oxygens (including phenoxy) is 1. The second kappa shape index (κ2) is 9.28. The summed E-state index contributed by atoms with van der Waals surface area (Å²) < 4.78 is 7.64. The zero-order chi connectivity index (χ0) is 18.2. The molecule has 0 fully saturated rings. The largest absolute Gasteiger partial charge is 0.489 e. The van der Waals surface area contributed by atoms with Gasteiger partial charge in [0, 0.05) is 31.7 Å². The van der Waals surface area contributed by atoms with Crippen LogP contribution in [0.4, 0.5) is 0 Å². The van der Waals surface area contributed by atoms with Gasteiger partial charge >= 0.3 is 0 Å². The van der Waals surface area contributed by atoms with E-state index in [-0.39, 0.29) is 18.6 Å². The number of nitrogens with zero attached hydrogens (tertiary/aromatic N) is 5. The molecule has 2 heterocycles. The highest BCUT2D eigenvalue weighted by Gasteiger charge is 2.22. The number of rotatable bonds is 8. The number of fused-ring (bicyclic) bond motifs is 1. The predicted octanol–water partition coefficient (Wildman–Crippen LogP) is 1.24. The van der Waals surface area contributed by atoms with E-state index in [9.17, 15) is 4.79 Å². The van der Waals surface area contributed by atoms with Gasteiger partial charge in [-0.15, -0.1) is 5.10 Å². The summed E-state index contributed by atoms with van der Waals surface area (Å²) in [7, 11) is 0. The molecule has 3 rings (SSSR count). The minimum Gasteiger partial charge on any atom is -0.489 e. The molecule has 1 amide bonds. The average molecular weight is 358 g/mol. The Morgan fingerprint density at radius 2 is 2.27 bits per heavy atom. The summed E-state index contributed by atoms with van der Waals surface area (Å²) >= 11 is 0. The van der Waals surface area contributed by atoms with E-state index >= 15 is 0 Å². The Kier molecular flexibility index (Phi) is 6.54. The number of carbonyl (C=O) groups is 1. The molecule has 1 aromatic carbocycles. The Labute approximate surface area is 153 Å². The molecule has 140 valence electrons. The molecule has 8 heteroatoms. The summed E-state index contributed by atoms with van der Waals surface area (Å²) in [6.45, 7) is 5.41. The number of benzene rings is 1. The quantitative estimate of drug-likeness (QED) is 0.764. The van der Waals surface area contributed by atoms with Crippen LogP contribution < -0.4 is 10.1 Å². The topological polar surface area (TPSA) is 85.2 Å². The van der Waals surface area contributed by atoms with Crippen molar-refractivity contribution in [3.63, 3.8) is 0 Å². The Hall–Kier alpha value is -2.48. The highest BCUT2D eigenvalue weighted by atomic mass is 16.5. The van der Waals surface area contributed by atoms with E-state index in [0.717, 1.165) is 44.6 Å².